The number of amides is 1. The van der Waals surface area contributed by atoms with E-state index < -0.39 is 0 Å². The highest BCUT2D eigenvalue weighted by atomic mass is 32.2. The normalized spacial score (nSPS) is 16.6. The van der Waals surface area contributed by atoms with Crippen molar-refractivity contribution in [3.8, 4) is 0 Å². The quantitative estimate of drug-likeness (QED) is 0.749. The van der Waals surface area contributed by atoms with E-state index in [9.17, 15) is 4.79 Å². The first-order valence-electron chi connectivity index (χ1n) is 6.04. The highest BCUT2D eigenvalue weighted by Crippen LogP contribution is 2.34. The maximum atomic E-state index is 11.6. The molecular formula is C12H18N2O2S2. The van der Waals surface area contributed by atoms with Crippen molar-refractivity contribution in [1.82, 2.24) is 10.3 Å². The molecule has 1 amide bonds. The predicted molar refractivity (Wildman–Crippen MR) is 74.8 cm³/mol. The largest absolute Gasteiger partial charge is 0.394 e. The van der Waals surface area contributed by atoms with Gasteiger partial charge in [-0.1, -0.05) is 0 Å². The summed E-state index contributed by atoms with van der Waals surface area (Å²) in [6, 6.07) is 0. The van der Waals surface area contributed by atoms with Gasteiger partial charge in [-0.05, 0) is 19.8 Å². The lowest BCUT2D eigenvalue weighted by molar-refractivity contribution is -0.122. The highest BCUT2D eigenvalue weighted by Gasteiger charge is 2.43. The molecule has 1 aromatic heterocycles. The van der Waals surface area contributed by atoms with Gasteiger partial charge >= 0.3 is 0 Å². The molecule has 0 spiro atoms. The van der Waals surface area contributed by atoms with Gasteiger partial charge < -0.3 is 10.4 Å². The first-order chi connectivity index (χ1) is 8.63. The maximum Gasteiger partial charge on any atom is 0.221 e. The standard InChI is InChI=1S/C12H18N2O2S2/c1-9-13-10(7-18-9)6-17-5-2-11(16)14-12(8-15)3-4-12/h7,15H,2-6,8H2,1H3,(H,14,16). The van der Waals surface area contributed by atoms with E-state index in [1.165, 1.54) is 0 Å². The number of hydrogen-bond donors (Lipinski definition) is 2. The molecule has 1 heterocycles. The van der Waals surface area contributed by atoms with Gasteiger partial charge in [-0.2, -0.15) is 11.8 Å². The summed E-state index contributed by atoms with van der Waals surface area (Å²) in [5, 5.41) is 15.2. The lowest BCUT2D eigenvalue weighted by atomic mass is 10.3. The summed E-state index contributed by atoms with van der Waals surface area (Å²) in [6.07, 6.45) is 2.32. The van der Waals surface area contributed by atoms with E-state index in [0.717, 1.165) is 35.0 Å². The van der Waals surface area contributed by atoms with Crippen LogP contribution in [-0.4, -0.2) is 33.9 Å². The van der Waals surface area contributed by atoms with Crippen molar-refractivity contribution in [2.45, 2.75) is 37.5 Å². The van der Waals surface area contributed by atoms with E-state index in [-0.39, 0.29) is 18.1 Å². The van der Waals surface area contributed by atoms with Crippen LogP contribution in [-0.2, 0) is 10.5 Å². The Kier molecular flexibility index (Phi) is 4.64. The van der Waals surface area contributed by atoms with Gasteiger partial charge in [-0.25, -0.2) is 4.98 Å². The number of nitrogens with zero attached hydrogens (tertiary/aromatic N) is 1. The van der Waals surface area contributed by atoms with Crippen molar-refractivity contribution in [2.24, 2.45) is 0 Å². The molecule has 1 saturated carbocycles. The van der Waals surface area contributed by atoms with E-state index in [0.29, 0.717) is 6.42 Å². The second-order valence-electron chi connectivity index (χ2n) is 4.65. The lowest BCUT2D eigenvalue weighted by Crippen LogP contribution is -2.39. The number of carbonyl (C=O) groups excluding carboxylic acids is 1. The Labute approximate surface area is 115 Å². The molecule has 0 aromatic carbocycles. The number of carbonyl (C=O) groups is 1. The van der Waals surface area contributed by atoms with Gasteiger partial charge in [0, 0.05) is 23.3 Å². The zero-order valence-electron chi connectivity index (χ0n) is 10.4. The molecule has 0 aliphatic heterocycles. The van der Waals surface area contributed by atoms with Crippen molar-refractivity contribution >= 4 is 29.0 Å². The van der Waals surface area contributed by atoms with Crippen LogP contribution in [0.2, 0.25) is 0 Å². The fraction of sp³-hybridized carbons (Fsp3) is 0.667. The van der Waals surface area contributed by atoms with E-state index in [1.54, 1.807) is 23.1 Å². The second-order valence-corrected chi connectivity index (χ2v) is 6.81. The zero-order chi connectivity index (χ0) is 13.0. The molecule has 0 unspecified atom stereocenters. The van der Waals surface area contributed by atoms with Crippen LogP contribution in [0.25, 0.3) is 0 Å². The third-order valence-electron chi connectivity index (χ3n) is 2.95. The summed E-state index contributed by atoms with van der Waals surface area (Å²) >= 11 is 3.38. The van der Waals surface area contributed by atoms with Crippen LogP contribution in [0.3, 0.4) is 0 Å². The third kappa shape index (κ3) is 3.96. The molecule has 100 valence electrons. The number of aliphatic hydroxyl groups is 1. The van der Waals surface area contributed by atoms with Crippen LogP contribution in [0.1, 0.15) is 30.0 Å². The molecule has 1 aromatic rings. The van der Waals surface area contributed by atoms with Gasteiger partial charge in [0.1, 0.15) is 0 Å². The SMILES string of the molecule is Cc1nc(CSCCC(=O)NC2(CO)CC2)cs1. The summed E-state index contributed by atoms with van der Waals surface area (Å²) in [5.41, 5.74) is 0.810. The van der Waals surface area contributed by atoms with Gasteiger partial charge in [-0.3, -0.25) is 4.79 Å². The van der Waals surface area contributed by atoms with E-state index in [4.69, 9.17) is 5.11 Å². The minimum atomic E-state index is -0.284. The Morgan fingerprint density at radius 3 is 3.00 bits per heavy atom. The topological polar surface area (TPSA) is 62.2 Å². The molecule has 1 aliphatic rings. The highest BCUT2D eigenvalue weighted by molar-refractivity contribution is 7.98. The number of hydrogen-bond acceptors (Lipinski definition) is 5. The van der Waals surface area contributed by atoms with Crippen LogP contribution in [0.4, 0.5) is 0 Å². The molecule has 1 aliphatic carbocycles. The number of thiazole rings is 1. The third-order valence-corrected chi connectivity index (χ3v) is 4.77. The van der Waals surface area contributed by atoms with Crippen molar-refractivity contribution in [3.05, 3.63) is 16.1 Å². The summed E-state index contributed by atoms with van der Waals surface area (Å²) in [4.78, 5) is 16.0. The van der Waals surface area contributed by atoms with Gasteiger partial charge in [0.2, 0.25) is 5.91 Å². The number of thioether (sulfide) groups is 1. The average Bonchev–Trinajstić information content (AvgIpc) is 3.00. The Balaban J connectivity index is 1.59. The molecule has 1 fully saturated rings. The van der Waals surface area contributed by atoms with E-state index >= 15 is 0 Å². The molecule has 0 atom stereocenters. The van der Waals surface area contributed by atoms with E-state index in [1.807, 2.05) is 6.92 Å². The first-order valence-corrected chi connectivity index (χ1v) is 8.08. The van der Waals surface area contributed by atoms with Gasteiger partial charge in [0.15, 0.2) is 0 Å². The summed E-state index contributed by atoms with van der Waals surface area (Å²) in [5.74, 6) is 1.70. The molecule has 0 radical (unpaired) electrons. The molecule has 4 nitrogen and oxygen atoms in total. The molecule has 18 heavy (non-hydrogen) atoms. The smallest absolute Gasteiger partial charge is 0.221 e. The Morgan fingerprint density at radius 1 is 1.67 bits per heavy atom. The Hall–Kier alpha value is -0.590. The van der Waals surface area contributed by atoms with Crippen LogP contribution in [0.5, 0.6) is 0 Å². The molecule has 2 rings (SSSR count). The molecular weight excluding hydrogens is 268 g/mol. The van der Waals surface area contributed by atoms with Crippen LogP contribution < -0.4 is 5.32 Å². The molecule has 0 saturated heterocycles. The van der Waals surface area contributed by atoms with Crippen LogP contribution in [0, 0.1) is 6.92 Å². The predicted octanol–water partition coefficient (Wildman–Crippen LogP) is 1.72. The lowest BCUT2D eigenvalue weighted by Gasteiger charge is -2.13. The zero-order valence-corrected chi connectivity index (χ0v) is 12.1. The van der Waals surface area contributed by atoms with E-state index in [2.05, 4.69) is 15.7 Å². The number of aryl methyl sites for hydroxylation is 1. The van der Waals surface area contributed by atoms with Crippen LogP contribution in [0.15, 0.2) is 5.38 Å². The van der Waals surface area contributed by atoms with Gasteiger partial charge in [0.05, 0.1) is 22.8 Å². The number of rotatable bonds is 7. The van der Waals surface area contributed by atoms with Crippen molar-refractivity contribution < 1.29 is 9.90 Å². The van der Waals surface area contributed by atoms with Crippen LogP contribution >= 0.6 is 23.1 Å². The summed E-state index contributed by atoms with van der Waals surface area (Å²) in [6.45, 7) is 2.06. The summed E-state index contributed by atoms with van der Waals surface area (Å²) in [7, 11) is 0. The van der Waals surface area contributed by atoms with Crippen molar-refractivity contribution in [3.63, 3.8) is 0 Å². The molecule has 2 N–H and O–H groups in total. The van der Waals surface area contributed by atoms with Crippen molar-refractivity contribution in [1.29, 1.82) is 0 Å². The average molecular weight is 286 g/mol. The monoisotopic (exact) mass is 286 g/mol. The second kappa shape index (κ2) is 6.04. The first kappa shape index (κ1) is 13.8. The fourth-order valence-corrected chi connectivity index (χ4v) is 3.20. The minimum absolute atomic E-state index is 0.0449. The number of aromatic nitrogens is 1. The van der Waals surface area contributed by atoms with Crippen molar-refractivity contribution in [2.75, 3.05) is 12.4 Å². The Bertz CT molecular complexity index is 416. The summed E-state index contributed by atoms with van der Waals surface area (Å²) < 4.78 is 0. The number of aliphatic hydroxyl groups excluding tert-OH is 1. The maximum absolute atomic E-state index is 11.6. The minimum Gasteiger partial charge on any atom is -0.394 e. The fourth-order valence-electron chi connectivity index (χ4n) is 1.65. The Morgan fingerprint density at radius 2 is 2.44 bits per heavy atom. The van der Waals surface area contributed by atoms with Gasteiger partial charge in [0.25, 0.3) is 0 Å². The molecule has 6 heteroatoms. The molecule has 0 bridgehead atoms. The number of nitrogens with one attached hydrogen (secondary N) is 1. The van der Waals surface area contributed by atoms with Gasteiger partial charge in [-0.15, -0.1) is 11.3 Å².